The summed E-state index contributed by atoms with van der Waals surface area (Å²) in [4.78, 5) is 3.88. The SMILES string of the molecule is COc1sc(CN2CC(C)NCC2C)cc1Br.Cl. The molecule has 2 heterocycles. The Morgan fingerprint density at radius 3 is 2.89 bits per heavy atom. The van der Waals surface area contributed by atoms with E-state index in [0.29, 0.717) is 12.1 Å². The number of halogens is 2. The summed E-state index contributed by atoms with van der Waals surface area (Å²) in [6, 6.07) is 3.35. The van der Waals surface area contributed by atoms with E-state index in [4.69, 9.17) is 4.74 Å². The van der Waals surface area contributed by atoms with Crippen molar-refractivity contribution in [2.24, 2.45) is 0 Å². The minimum Gasteiger partial charge on any atom is -0.486 e. The van der Waals surface area contributed by atoms with Crippen LogP contribution in [0.3, 0.4) is 0 Å². The van der Waals surface area contributed by atoms with Gasteiger partial charge in [-0.1, -0.05) is 0 Å². The molecule has 1 aromatic heterocycles. The molecule has 18 heavy (non-hydrogen) atoms. The van der Waals surface area contributed by atoms with Gasteiger partial charge in [-0.3, -0.25) is 4.90 Å². The predicted octanol–water partition coefficient (Wildman–Crippen LogP) is 3.12. The van der Waals surface area contributed by atoms with Gasteiger partial charge in [0.1, 0.15) is 0 Å². The molecule has 104 valence electrons. The lowest BCUT2D eigenvalue weighted by Gasteiger charge is -2.37. The molecule has 1 aliphatic heterocycles. The van der Waals surface area contributed by atoms with Crippen LogP contribution in [-0.2, 0) is 6.54 Å². The molecule has 1 saturated heterocycles. The molecule has 0 aromatic carbocycles. The lowest BCUT2D eigenvalue weighted by Crippen LogP contribution is -2.53. The van der Waals surface area contributed by atoms with Gasteiger partial charge in [0, 0.05) is 36.6 Å². The standard InChI is InChI=1S/C12H19BrN2OS.ClH/c1-8-6-15(9(2)5-14-8)7-10-4-11(13)12(16-3)17-10;/h4,8-9,14H,5-7H2,1-3H3;1H. The van der Waals surface area contributed by atoms with Crippen LogP contribution in [0.4, 0.5) is 0 Å². The summed E-state index contributed by atoms with van der Waals surface area (Å²) in [6.45, 7) is 7.71. The van der Waals surface area contributed by atoms with Crippen LogP contribution in [0.25, 0.3) is 0 Å². The third kappa shape index (κ3) is 3.84. The zero-order valence-electron chi connectivity index (χ0n) is 10.9. The predicted molar refractivity (Wildman–Crippen MR) is 83.2 cm³/mol. The number of hydrogen-bond acceptors (Lipinski definition) is 4. The second kappa shape index (κ2) is 7.10. The Balaban J connectivity index is 0.00000162. The van der Waals surface area contributed by atoms with Crippen LogP contribution in [0.2, 0.25) is 0 Å². The molecule has 1 fully saturated rings. The minimum atomic E-state index is 0. The third-order valence-corrected chi connectivity index (χ3v) is 5.08. The van der Waals surface area contributed by atoms with Crippen molar-refractivity contribution >= 4 is 39.7 Å². The Bertz CT molecular complexity index is 388. The van der Waals surface area contributed by atoms with Crippen LogP contribution in [0.15, 0.2) is 10.5 Å². The molecule has 0 amide bonds. The van der Waals surface area contributed by atoms with Crippen LogP contribution < -0.4 is 10.1 Å². The van der Waals surface area contributed by atoms with E-state index in [9.17, 15) is 0 Å². The Labute approximate surface area is 127 Å². The first-order valence-corrected chi connectivity index (χ1v) is 7.50. The van der Waals surface area contributed by atoms with Gasteiger partial charge in [0.15, 0.2) is 5.06 Å². The van der Waals surface area contributed by atoms with Crippen molar-refractivity contribution in [3.05, 3.63) is 15.4 Å². The second-order valence-corrected chi connectivity index (χ2v) is 6.59. The molecule has 0 spiro atoms. The van der Waals surface area contributed by atoms with E-state index in [1.165, 1.54) is 4.88 Å². The van der Waals surface area contributed by atoms with Crippen molar-refractivity contribution in [2.45, 2.75) is 32.5 Å². The number of nitrogens with one attached hydrogen (secondary N) is 1. The first-order valence-electron chi connectivity index (χ1n) is 5.89. The number of ether oxygens (including phenoxy) is 1. The summed E-state index contributed by atoms with van der Waals surface area (Å²) >= 11 is 5.25. The van der Waals surface area contributed by atoms with Crippen LogP contribution in [0, 0.1) is 0 Å². The highest BCUT2D eigenvalue weighted by atomic mass is 79.9. The first kappa shape index (κ1) is 16.2. The molecular formula is C12H20BrClN2OS. The normalized spacial score (nSPS) is 24.7. The first-order chi connectivity index (χ1) is 8.10. The molecule has 6 heteroatoms. The van der Waals surface area contributed by atoms with Gasteiger partial charge in [0.25, 0.3) is 0 Å². The Morgan fingerprint density at radius 1 is 1.56 bits per heavy atom. The summed E-state index contributed by atoms with van der Waals surface area (Å²) in [6.07, 6.45) is 0. The van der Waals surface area contributed by atoms with Gasteiger partial charge in [-0.25, -0.2) is 0 Å². The van der Waals surface area contributed by atoms with E-state index >= 15 is 0 Å². The molecule has 1 aliphatic rings. The zero-order chi connectivity index (χ0) is 12.4. The lowest BCUT2D eigenvalue weighted by atomic mass is 10.1. The Hall–Kier alpha value is 0.190. The van der Waals surface area contributed by atoms with Gasteiger partial charge in [-0.15, -0.1) is 23.7 Å². The molecule has 2 atom stereocenters. The van der Waals surface area contributed by atoms with Crippen LogP contribution in [0.5, 0.6) is 5.06 Å². The average molecular weight is 356 g/mol. The highest BCUT2D eigenvalue weighted by Gasteiger charge is 2.23. The van der Waals surface area contributed by atoms with Crippen molar-refractivity contribution < 1.29 is 4.74 Å². The Kier molecular flexibility index (Phi) is 6.41. The average Bonchev–Trinajstić information content (AvgIpc) is 2.64. The lowest BCUT2D eigenvalue weighted by molar-refractivity contribution is 0.140. The molecule has 0 radical (unpaired) electrons. The topological polar surface area (TPSA) is 24.5 Å². The van der Waals surface area contributed by atoms with Crippen LogP contribution in [-0.4, -0.2) is 37.2 Å². The van der Waals surface area contributed by atoms with Gasteiger partial charge in [0.2, 0.25) is 0 Å². The van der Waals surface area contributed by atoms with Crippen molar-refractivity contribution in [1.29, 1.82) is 0 Å². The summed E-state index contributed by atoms with van der Waals surface area (Å²) in [5, 5.41) is 4.47. The highest BCUT2D eigenvalue weighted by molar-refractivity contribution is 9.10. The molecule has 1 N–H and O–H groups in total. The molecule has 0 bridgehead atoms. The number of piperazine rings is 1. The molecule has 0 aliphatic carbocycles. The van der Waals surface area contributed by atoms with Gasteiger partial charge in [0.05, 0.1) is 11.6 Å². The second-order valence-electron chi connectivity index (χ2n) is 4.64. The molecule has 2 unspecified atom stereocenters. The monoisotopic (exact) mass is 354 g/mol. The fourth-order valence-electron chi connectivity index (χ4n) is 2.13. The largest absolute Gasteiger partial charge is 0.486 e. The summed E-state index contributed by atoms with van der Waals surface area (Å²) in [5.41, 5.74) is 0. The molecule has 0 saturated carbocycles. The van der Waals surface area contributed by atoms with Crippen LogP contribution >= 0.6 is 39.7 Å². The van der Waals surface area contributed by atoms with Gasteiger partial charge < -0.3 is 10.1 Å². The third-order valence-electron chi connectivity index (χ3n) is 3.14. The number of methoxy groups -OCH3 is 1. The summed E-state index contributed by atoms with van der Waals surface area (Å²) < 4.78 is 6.37. The van der Waals surface area contributed by atoms with Gasteiger partial charge in [-0.05, 0) is 35.8 Å². The van der Waals surface area contributed by atoms with Crippen molar-refractivity contribution in [2.75, 3.05) is 20.2 Å². The van der Waals surface area contributed by atoms with E-state index in [0.717, 1.165) is 29.2 Å². The number of nitrogens with zero attached hydrogens (tertiary/aromatic N) is 1. The van der Waals surface area contributed by atoms with E-state index in [1.807, 2.05) is 0 Å². The van der Waals surface area contributed by atoms with E-state index < -0.39 is 0 Å². The van der Waals surface area contributed by atoms with Crippen molar-refractivity contribution in [3.63, 3.8) is 0 Å². The maximum absolute atomic E-state index is 5.30. The highest BCUT2D eigenvalue weighted by Crippen LogP contribution is 2.35. The fourth-order valence-corrected chi connectivity index (χ4v) is 3.85. The molecule has 3 nitrogen and oxygen atoms in total. The van der Waals surface area contributed by atoms with Crippen LogP contribution in [0.1, 0.15) is 18.7 Å². The van der Waals surface area contributed by atoms with Crippen molar-refractivity contribution in [1.82, 2.24) is 10.2 Å². The van der Waals surface area contributed by atoms with E-state index in [-0.39, 0.29) is 12.4 Å². The zero-order valence-corrected chi connectivity index (χ0v) is 14.1. The quantitative estimate of drug-likeness (QED) is 0.901. The molecule has 2 rings (SSSR count). The number of hydrogen-bond donors (Lipinski definition) is 1. The smallest absolute Gasteiger partial charge is 0.188 e. The number of thiophene rings is 1. The number of rotatable bonds is 3. The maximum atomic E-state index is 5.30. The molecule has 1 aromatic rings. The Morgan fingerprint density at radius 2 is 2.28 bits per heavy atom. The minimum absolute atomic E-state index is 0. The summed E-state index contributed by atoms with van der Waals surface area (Å²) in [5.74, 6) is 0. The van der Waals surface area contributed by atoms with E-state index in [1.54, 1.807) is 18.4 Å². The van der Waals surface area contributed by atoms with E-state index in [2.05, 4.69) is 46.1 Å². The van der Waals surface area contributed by atoms with Gasteiger partial charge in [-0.2, -0.15) is 0 Å². The van der Waals surface area contributed by atoms with Crippen molar-refractivity contribution in [3.8, 4) is 5.06 Å². The maximum Gasteiger partial charge on any atom is 0.188 e. The summed E-state index contributed by atoms with van der Waals surface area (Å²) in [7, 11) is 1.72. The fraction of sp³-hybridized carbons (Fsp3) is 0.667. The van der Waals surface area contributed by atoms with Gasteiger partial charge >= 0.3 is 0 Å². The molecular weight excluding hydrogens is 336 g/mol.